The van der Waals surface area contributed by atoms with Gasteiger partial charge in [-0.1, -0.05) is 37.6 Å². The van der Waals surface area contributed by atoms with Gasteiger partial charge in [-0.15, -0.1) is 0 Å². The van der Waals surface area contributed by atoms with Crippen LogP contribution in [0, 0.1) is 0 Å². The number of carbonyl (C=O) groups excluding carboxylic acids is 2. The predicted molar refractivity (Wildman–Crippen MR) is 119 cm³/mol. The number of esters is 2. The Bertz CT molecular complexity index is 1050. The zero-order valence-corrected chi connectivity index (χ0v) is 18.1. The average molecular weight is 418 g/mol. The number of unbranched alkanes of at least 4 members (excludes halogenated alkanes) is 1. The summed E-state index contributed by atoms with van der Waals surface area (Å²) in [6, 6.07) is 19.1. The van der Waals surface area contributed by atoms with Crippen molar-refractivity contribution in [3.63, 3.8) is 0 Å². The molecule has 3 rings (SSSR count). The molecule has 1 aromatic heterocycles. The molecule has 0 aliphatic heterocycles. The molecule has 1 atom stereocenters. The van der Waals surface area contributed by atoms with Crippen molar-refractivity contribution in [1.29, 1.82) is 0 Å². The fourth-order valence-corrected chi connectivity index (χ4v) is 3.65. The Morgan fingerprint density at radius 1 is 0.903 bits per heavy atom. The standard InChI is InChI=1S/C26H27NO4/c1-4-5-9-20-13-14-23(31-19(3)29)17-24(20)26(25-12-6-7-15-27-25)21-10-8-11-22(16-21)30-18(2)28/h6-8,10-17,26H,4-5,9H2,1-3H3/t26-/m0/s1. The SMILES string of the molecule is CCCCc1ccc(OC(C)=O)cc1[C@H](c1cccc(OC(C)=O)c1)c1ccccn1. The molecule has 1 heterocycles. The van der Waals surface area contributed by atoms with Gasteiger partial charge in [0.1, 0.15) is 11.5 Å². The smallest absolute Gasteiger partial charge is 0.308 e. The first-order valence-corrected chi connectivity index (χ1v) is 10.5. The van der Waals surface area contributed by atoms with Crippen molar-refractivity contribution in [3.8, 4) is 11.5 Å². The van der Waals surface area contributed by atoms with Crippen LogP contribution in [-0.2, 0) is 16.0 Å². The van der Waals surface area contributed by atoms with Crippen LogP contribution in [0.15, 0.2) is 66.9 Å². The Balaban J connectivity index is 2.17. The number of hydrogen-bond donors (Lipinski definition) is 0. The van der Waals surface area contributed by atoms with Gasteiger partial charge in [-0.3, -0.25) is 14.6 Å². The summed E-state index contributed by atoms with van der Waals surface area (Å²) in [6.07, 6.45) is 4.78. The number of ether oxygens (including phenoxy) is 2. The van der Waals surface area contributed by atoms with E-state index in [2.05, 4.69) is 11.9 Å². The molecule has 0 aliphatic rings. The van der Waals surface area contributed by atoms with Crippen molar-refractivity contribution in [2.45, 2.75) is 46.0 Å². The van der Waals surface area contributed by atoms with Crippen molar-refractivity contribution < 1.29 is 19.1 Å². The van der Waals surface area contributed by atoms with E-state index in [9.17, 15) is 9.59 Å². The monoisotopic (exact) mass is 417 g/mol. The van der Waals surface area contributed by atoms with Crippen molar-refractivity contribution in [2.75, 3.05) is 0 Å². The van der Waals surface area contributed by atoms with Crippen LogP contribution in [0.3, 0.4) is 0 Å². The summed E-state index contributed by atoms with van der Waals surface area (Å²) in [6.45, 7) is 4.93. The third-order valence-electron chi connectivity index (χ3n) is 4.93. The Morgan fingerprint density at radius 3 is 2.29 bits per heavy atom. The van der Waals surface area contributed by atoms with E-state index in [-0.39, 0.29) is 17.9 Å². The lowest BCUT2D eigenvalue weighted by Gasteiger charge is -2.22. The lowest BCUT2D eigenvalue weighted by molar-refractivity contribution is -0.132. The summed E-state index contributed by atoms with van der Waals surface area (Å²) >= 11 is 0. The summed E-state index contributed by atoms with van der Waals surface area (Å²) in [4.78, 5) is 27.6. The highest BCUT2D eigenvalue weighted by molar-refractivity contribution is 5.70. The van der Waals surface area contributed by atoms with Crippen LogP contribution in [0.2, 0.25) is 0 Å². The maximum atomic E-state index is 11.6. The molecule has 31 heavy (non-hydrogen) atoms. The van der Waals surface area contributed by atoms with Gasteiger partial charge in [0.2, 0.25) is 0 Å². The number of nitrogens with zero attached hydrogens (tertiary/aromatic N) is 1. The molecular weight excluding hydrogens is 390 g/mol. The molecule has 0 saturated heterocycles. The van der Waals surface area contributed by atoms with Crippen LogP contribution >= 0.6 is 0 Å². The van der Waals surface area contributed by atoms with Crippen molar-refractivity contribution in [3.05, 3.63) is 89.2 Å². The maximum absolute atomic E-state index is 11.6. The minimum Gasteiger partial charge on any atom is -0.427 e. The van der Waals surface area contributed by atoms with E-state index in [0.29, 0.717) is 11.5 Å². The predicted octanol–water partition coefficient (Wildman–Crippen LogP) is 5.46. The molecule has 0 N–H and O–H groups in total. The summed E-state index contributed by atoms with van der Waals surface area (Å²) in [5, 5.41) is 0. The van der Waals surface area contributed by atoms with Gasteiger partial charge in [-0.2, -0.15) is 0 Å². The number of rotatable bonds is 8. The summed E-state index contributed by atoms with van der Waals surface area (Å²) in [5.74, 6) is 0.0431. The fraction of sp³-hybridized carbons (Fsp3) is 0.269. The summed E-state index contributed by atoms with van der Waals surface area (Å²) < 4.78 is 10.7. The molecule has 0 bridgehead atoms. The quantitative estimate of drug-likeness (QED) is 0.360. The first-order chi connectivity index (χ1) is 15.0. The van der Waals surface area contributed by atoms with Gasteiger partial charge in [0.15, 0.2) is 0 Å². The van der Waals surface area contributed by atoms with E-state index < -0.39 is 0 Å². The number of aryl methyl sites for hydroxylation is 1. The van der Waals surface area contributed by atoms with Crippen LogP contribution in [0.1, 0.15) is 61.9 Å². The third kappa shape index (κ3) is 6.01. The zero-order chi connectivity index (χ0) is 22.2. The number of carbonyl (C=O) groups is 2. The summed E-state index contributed by atoms with van der Waals surface area (Å²) in [7, 11) is 0. The Labute approximate surface area is 183 Å². The number of pyridine rings is 1. The van der Waals surface area contributed by atoms with E-state index in [1.807, 2.05) is 54.6 Å². The molecule has 0 fully saturated rings. The van der Waals surface area contributed by atoms with Crippen molar-refractivity contribution in [1.82, 2.24) is 4.98 Å². The Morgan fingerprint density at radius 2 is 1.65 bits per heavy atom. The van der Waals surface area contributed by atoms with E-state index in [1.54, 1.807) is 12.3 Å². The van der Waals surface area contributed by atoms with Crippen molar-refractivity contribution >= 4 is 11.9 Å². The van der Waals surface area contributed by atoms with Crippen LogP contribution in [0.4, 0.5) is 0 Å². The van der Waals surface area contributed by atoms with Crippen molar-refractivity contribution in [2.24, 2.45) is 0 Å². The molecule has 0 aliphatic carbocycles. The molecule has 0 radical (unpaired) electrons. The number of benzene rings is 2. The van der Waals surface area contributed by atoms with Gasteiger partial charge in [-0.25, -0.2) is 0 Å². The lowest BCUT2D eigenvalue weighted by Crippen LogP contribution is -2.11. The molecule has 0 amide bonds. The van der Waals surface area contributed by atoms with Gasteiger partial charge >= 0.3 is 11.9 Å². The zero-order valence-electron chi connectivity index (χ0n) is 18.1. The van der Waals surface area contributed by atoms with E-state index >= 15 is 0 Å². The van der Waals surface area contributed by atoms with Gasteiger partial charge in [0.25, 0.3) is 0 Å². The van der Waals surface area contributed by atoms with Crippen LogP contribution in [0.5, 0.6) is 11.5 Å². The van der Waals surface area contributed by atoms with Gasteiger partial charge in [-0.05, 0) is 65.9 Å². The second kappa shape index (κ2) is 10.5. The van der Waals surface area contributed by atoms with Gasteiger partial charge < -0.3 is 9.47 Å². The number of aromatic nitrogens is 1. The highest BCUT2D eigenvalue weighted by Crippen LogP contribution is 2.37. The normalized spacial score (nSPS) is 11.6. The minimum absolute atomic E-state index is 0.209. The van der Waals surface area contributed by atoms with Crippen LogP contribution < -0.4 is 9.47 Å². The lowest BCUT2D eigenvalue weighted by atomic mass is 9.84. The highest BCUT2D eigenvalue weighted by Gasteiger charge is 2.22. The fourth-order valence-electron chi connectivity index (χ4n) is 3.65. The molecule has 0 unspecified atom stereocenters. The topological polar surface area (TPSA) is 65.5 Å². The molecule has 2 aromatic carbocycles. The molecule has 3 aromatic rings. The molecule has 0 saturated carbocycles. The Kier molecular flexibility index (Phi) is 7.55. The first kappa shape index (κ1) is 22.2. The van der Waals surface area contributed by atoms with Gasteiger partial charge in [0.05, 0.1) is 11.6 Å². The minimum atomic E-state index is -0.368. The molecule has 5 heteroatoms. The highest BCUT2D eigenvalue weighted by atomic mass is 16.5. The van der Waals surface area contributed by atoms with E-state index in [4.69, 9.17) is 9.47 Å². The van der Waals surface area contributed by atoms with Crippen LogP contribution in [-0.4, -0.2) is 16.9 Å². The maximum Gasteiger partial charge on any atom is 0.308 e. The molecule has 5 nitrogen and oxygen atoms in total. The Hall–Kier alpha value is -3.47. The van der Waals surface area contributed by atoms with Gasteiger partial charge in [0, 0.05) is 20.0 Å². The van der Waals surface area contributed by atoms with E-state index in [0.717, 1.165) is 36.1 Å². The average Bonchev–Trinajstić information content (AvgIpc) is 2.73. The third-order valence-corrected chi connectivity index (χ3v) is 4.93. The molecular formula is C26H27NO4. The van der Waals surface area contributed by atoms with E-state index in [1.165, 1.54) is 19.4 Å². The second-order valence-electron chi connectivity index (χ2n) is 7.41. The van der Waals surface area contributed by atoms with Crippen LogP contribution in [0.25, 0.3) is 0 Å². The largest absolute Gasteiger partial charge is 0.427 e. The first-order valence-electron chi connectivity index (χ1n) is 10.5. The summed E-state index contributed by atoms with van der Waals surface area (Å²) in [5.41, 5.74) is 3.99. The number of hydrogen-bond acceptors (Lipinski definition) is 5. The molecule has 0 spiro atoms. The molecule has 160 valence electrons. The second-order valence-corrected chi connectivity index (χ2v) is 7.41.